The molecule has 0 aliphatic heterocycles. The van der Waals surface area contributed by atoms with Gasteiger partial charge in [0.25, 0.3) is 0 Å². The Morgan fingerprint density at radius 1 is 1.56 bits per heavy atom. The predicted octanol–water partition coefficient (Wildman–Crippen LogP) is 3.25. The zero-order chi connectivity index (χ0) is 18.4. The summed E-state index contributed by atoms with van der Waals surface area (Å²) < 4.78 is 20.3. The van der Waals surface area contributed by atoms with Crippen LogP contribution in [-0.2, 0) is 10.3 Å². The number of anilines is 1. The number of carbonyl (C=O) groups excluding carboxylic acids is 1. The van der Waals surface area contributed by atoms with Crippen LogP contribution in [0.15, 0.2) is 12.4 Å². The Labute approximate surface area is 149 Å². The average molecular weight is 371 g/mol. The van der Waals surface area contributed by atoms with Crippen molar-refractivity contribution in [3.63, 3.8) is 0 Å². The third-order valence-corrected chi connectivity index (χ3v) is 4.31. The molecule has 2 aromatic heterocycles. The van der Waals surface area contributed by atoms with Crippen molar-refractivity contribution < 1.29 is 19.0 Å². The molecule has 0 spiro atoms. The smallest absolute Gasteiger partial charge is 0.412 e. The molecular weight excluding hydrogens is 351 g/mol. The largest absolute Gasteiger partial charge is 0.444 e. The highest BCUT2D eigenvalue weighted by Crippen LogP contribution is 2.43. The van der Waals surface area contributed by atoms with Gasteiger partial charge in [-0.2, -0.15) is 0 Å². The second-order valence-electron chi connectivity index (χ2n) is 7.29. The molecule has 2 heterocycles. The van der Waals surface area contributed by atoms with Crippen LogP contribution >= 0.6 is 11.6 Å². The molecule has 0 aromatic carbocycles. The van der Waals surface area contributed by atoms with Crippen LogP contribution in [0.25, 0.3) is 11.2 Å². The summed E-state index contributed by atoms with van der Waals surface area (Å²) in [6.45, 7) is 5.03. The van der Waals surface area contributed by atoms with Gasteiger partial charge in [0.1, 0.15) is 22.4 Å². The molecule has 2 N–H and O–H groups in total. The Kier molecular flexibility index (Phi) is 4.36. The minimum atomic E-state index is -0.969. The highest BCUT2D eigenvalue weighted by atomic mass is 35.5. The van der Waals surface area contributed by atoms with Gasteiger partial charge in [-0.05, 0) is 20.8 Å². The molecular formula is C16H20ClFN4O3. The van der Waals surface area contributed by atoms with Gasteiger partial charge in [-0.3, -0.25) is 5.32 Å². The SMILES string of the molecule is CC(C)(C)OC(=O)Nc1cc(Cl)nc2c1ncn2C1(CO)CC(F)C1. The fourth-order valence-corrected chi connectivity index (χ4v) is 3.17. The number of alkyl halides is 1. The highest BCUT2D eigenvalue weighted by Gasteiger charge is 2.47. The number of carbonyl (C=O) groups is 1. The van der Waals surface area contributed by atoms with Gasteiger partial charge in [0.2, 0.25) is 0 Å². The lowest BCUT2D eigenvalue weighted by molar-refractivity contribution is -0.00866. The molecule has 1 fully saturated rings. The highest BCUT2D eigenvalue weighted by molar-refractivity contribution is 6.30. The molecule has 0 saturated heterocycles. The monoisotopic (exact) mass is 370 g/mol. The van der Waals surface area contributed by atoms with Crippen molar-refractivity contribution >= 4 is 34.5 Å². The maximum absolute atomic E-state index is 13.4. The van der Waals surface area contributed by atoms with Gasteiger partial charge in [0.05, 0.1) is 24.2 Å². The van der Waals surface area contributed by atoms with E-state index in [2.05, 4.69) is 15.3 Å². The van der Waals surface area contributed by atoms with Gasteiger partial charge >= 0.3 is 6.09 Å². The number of hydrogen-bond acceptors (Lipinski definition) is 5. The number of amides is 1. The Hall–Kier alpha value is -1.93. The minimum absolute atomic E-state index is 0.143. The van der Waals surface area contributed by atoms with E-state index in [-0.39, 0.29) is 24.6 Å². The summed E-state index contributed by atoms with van der Waals surface area (Å²) in [6.07, 6.45) is 0.227. The lowest BCUT2D eigenvalue weighted by Gasteiger charge is -2.43. The zero-order valence-corrected chi connectivity index (χ0v) is 15.0. The summed E-state index contributed by atoms with van der Waals surface area (Å²) in [4.78, 5) is 20.5. The van der Waals surface area contributed by atoms with Gasteiger partial charge < -0.3 is 14.4 Å². The second kappa shape index (κ2) is 6.10. The molecule has 1 saturated carbocycles. The quantitative estimate of drug-likeness (QED) is 0.809. The molecule has 0 radical (unpaired) electrons. The van der Waals surface area contributed by atoms with Gasteiger partial charge in [0.15, 0.2) is 5.65 Å². The van der Waals surface area contributed by atoms with Crippen molar-refractivity contribution in [2.45, 2.75) is 50.9 Å². The number of fused-ring (bicyclic) bond motifs is 1. The van der Waals surface area contributed by atoms with Gasteiger partial charge in [-0.1, -0.05) is 11.6 Å². The number of imidazole rings is 1. The van der Waals surface area contributed by atoms with E-state index in [9.17, 15) is 14.3 Å². The standard InChI is InChI=1S/C16H20ClFN4O3/c1-15(2,3)25-14(24)20-10-4-11(17)21-13-12(10)19-8-22(13)16(7-23)5-9(18)6-16/h4,8-9,23H,5-7H2,1-3H3,(H,20,21,24). The van der Waals surface area contributed by atoms with Crippen molar-refractivity contribution in [2.24, 2.45) is 0 Å². The number of pyridine rings is 1. The number of halogens is 2. The first-order valence-corrected chi connectivity index (χ1v) is 8.30. The Morgan fingerprint density at radius 2 is 2.24 bits per heavy atom. The lowest BCUT2D eigenvalue weighted by Crippen LogP contribution is -2.50. The summed E-state index contributed by atoms with van der Waals surface area (Å²) in [7, 11) is 0. The van der Waals surface area contributed by atoms with Crippen LogP contribution < -0.4 is 5.32 Å². The molecule has 0 unspecified atom stereocenters. The van der Waals surface area contributed by atoms with E-state index in [4.69, 9.17) is 16.3 Å². The number of rotatable bonds is 3. The van der Waals surface area contributed by atoms with Crippen LogP contribution in [-0.4, -0.2) is 44.1 Å². The van der Waals surface area contributed by atoms with E-state index in [1.165, 1.54) is 12.4 Å². The number of aliphatic hydroxyl groups is 1. The van der Waals surface area contributed by atoms with Gasteiger partial charge in [-0.15, -0.1) is 0 Å². The van der Waals surface area contributed by atoms with E-state index in [0.29, 0.717) is 16.9 Å². The molecule has 0 atom stereocenters. The topological polar surface area (TPSA) is 89.3 Å². The summed E-state index contributed by atoms with van der Waals surface area (Å²) in [5.74, 6) is 0. The number of ether oxygens (including phenoxy) is 1. The Bertz CT molecular complexity index is 812. The van der Waals surface area contributed by atoms with Crippen LogP contribution in [0.1, 0.15) is 33.6 Å². The van der Waals surface area contributed by atoms with E-state index in [0.717, 1.165) is 0 Å². The molecule has 1 aliphatic rings. The summed E-state index contributed by atoms with van der Waals surface area (Å²) >= 11 is 6.07. The number of aromatic nitrogens is 3. The molecule has 136 valence electrons. The summed E-state index contributed by atoms with van der Waals surface area (Å²) in [5.41, 5.74) is -0.325. The van der Waals surface area contributed by atoms with Crippen LogP contribution in [0, 0.1) is 0 Å². The number of hydrogen-bond donors (Lipinski definition) is 2. The number of aliphatic hydroxyl groups excluding tert-OH is 1. The van der Waals surface area contributed by atoms with Gasteiger partial charge in [0, 0.05) is 18.9 Å². The van der Waals surface area contributed by atoms with Crippen molar-refractivity contribution in [2.75, 3.05) is 11.9 Å². The fraction of sp³-hybridized carbons (Fsp3) is 0.562. The Balaban J connectivity index is 1.98. The van der Waals surface area contributed by atoms with Crippen molar-refractivity contribution in [1.29, 1.82) is 0 Å². The van der Waals surface area contributed by atoms with Crippen LogP contribution in [0.4, 0.5) is 14.9 Å². The molecule has 7 nitrogen and oxygen atoms in total. The van der Waals surface area contributed by atoms with Crippen LogP contribution in [0.2, 0.25) is 5.15 Å². The predicted molar refractivity (Wildman–Crippen MR) is 91.6 cm³/mol. The van der Waals surface area contributed by atoms with Gasteiger partial charge in [-0.25, -0.2) is 19.2 Å². The lowest BCUT2D eigenvalue weighted by atomic mass is 9.75. The molecule has 2 aromatic rings. The van der Waals surface area contributed by atoms with Crippen LogP contribution in [0.3, 0.4) is 0 Å². The minimum Gasteiger partial charge on any atom is -0.444 e. The summed E-state index contributed by atoms with van der Waals surface area (Å²) in [5, 5.41) is 12.5. The third-order valence-electron chi connectivity index (χ3n) is 4.12. The number of nitrogens with zero attached hydrogens (tertiary/aromatic N) is 3. The molecule has 0 bridgehead atoms. The van der Waals surface area contributed by atoms with E-state index in [1.54, 1.807) is 25.3 Å². The first-order chi connectivity index (χ1) is 11.6. The molecule has 1 aliphatic carbocycles. The van der Waals surface area contributed by atoms with Crippen molar-refractivity contribution in [3.05, 3.63) is 17.5 Å². The maximum Gasteiger partial charge on any atom is 0.412 e. The van der Waals surface area contributed by atoms with E-state index in [1.807, 2.05) is 0 Å². The Morgan fingerprint density at radius 3 is 2.80 bits per heavy atom. The van der Waals surface area contributed by atoms with E-state index >= 15 is 0 Å². The summed E-state index contributed by atoms with van der Waals surface area (Å²) in [6, 6.07) is 1.47. The molecule has 9 heteroatoms. The molecule has 1 amide bonds. The van der Waals surface area contributed by atoms with E-state index < -0.39 is 23.4 Å². The average Bonchev–Trinajstić information content (AvgIpc) is 2.85. The maximum atomic E-state index is 13.4. The molecule has 25 heavy (non-hydrogen) atoms. The third kappa shape index (κ3) is 3.41. The first-order valence-electron chi connectivity index (χ1n) is 7.92. The zero-order valence-electron chi connectivity index (χ0n) is 14.2. The molecule has 3 rings (SSSR count). The second-order valence-corrected chi connectivity index (χ2v) is 7.68. The number of nitrogens with one attached hydrogen (secondary N) is 1. The van der Waals surface area contributed by atoms with Crippen molar-refractivity contribution in [1.82, 2.24) is 14.5 Å². The first kappa shape index (κ1) is 17.9. The normalized spacial score (nSPS) is 23.4. The van der Waals surface area contributed by atoms with Crippen LogP contribution in [0.5, 0.6) is 0 Å². The van der Waals surface area contributed by atoms with Crippen molar-refractivity contribution in [3.8, 4) is 0 Å². The fourth-order valence-electron chi connectivity index (χ4n) is 2.98.